The molecular weight excluding hydrogens is 194 g/mol. The van der Waals surface area contributed by atoms with Gasteiger partial charge in [-0.1, -0.05) is 0 Å². The van der Waals surface area contributed by atoms with Crippen LogP contribution in [0.2, 0.25) is 0 Å². The van der Waals surface area contributed by atoms with E-state index in [4.69, 9.17) is 10.2 Å². The minimum atomic E-state index is -1.05. The van der Waals surface area contributed by atoms with Gasteiger partial charge < -0.3 is 10.2 Å². The number of rotatable bonds is 6. The third kappa shape index (κ3) is 6.41. The Morgan fingerprint density at radius 1 is 1.46 bits per heavy atom. The largest absolute Gasteiger partial charge is 0.481 e. The maximum absolute atomic E-state index is 10.6. The zero-order valence-electron chi connectivity index (χ0n) is 7.23. The van der Waals surface area contributed by atoms with Gasteiger partial charge >= 0.3 is 11.9 Å². The molecule has 0 heterocycles. The number of hydrogen-bond acceptors (Lipinski definition) is 4. The number of carboxylic acid groups (broad SMARTS) is 2. The Balaban J connectivity index is 3.95. The molecule has 0 aromatic rings. The SMILES string of the molecule is CC(S)NC(CCC(=O)O)C(=O)O. The maximum atomic E-state index is 10.6. The molecule has 0 radical (unpaired) electrons. The highest BCUT2D eigenvalue weighted by Gasteiger charge is 2.18. The molecule has 0 aliphatic rings. The van der Waals surface area contributed by atoms with Gasteiger partial charge in [0.2, 0.25) is 0 Å². The van der Waals surface area contributed by atoms with Crippen molar-refractivity contribution in [1.82, 2.24) is 5.32 Å². The van der Waals surface area contributed by atoms with Crippen LogP contribution in [0.15, 0.2) is 0 Å². The summed E-state index contributed by atoms with van der Waals surface area (Å²) >= 11 is 3.95. The van der Waals surface area contributed by atoms with E-state index in [1.807, 2.05) is 0 Å². The lowest BCUT2D eigenvalue weighted by Crippen LogP contribution is -2.40. The summed E-state index contributed by atoms with van der Waals surface area (Å²) in [6.07, 6.45) is -0.0972. The van der Waals surface area contributed by atoms with Crippen LogP contribution in [-0.2, 0) is 9.59 Å². The van der Waals surface area contributed by atoms with Crippen LogP contribution in [0.1, 0.15) is 19.8 Å². The first-order valence-electron chi connectivity index (χ1n) is 3.82. The second-order valence-electron chi connectivity index (χ2n) is 2.67. The number of nitrogens with one attached hydrogen (secondary N) is 1. The van der Waals surface area contributed by atoms with Crippen molar-refractivity contribution in [1.29, 1.82) is 0 Å². The smallest absolute Gasteiger partial charge is 0.320 e. The second-order valence-corrected chi connectivity index (χ2v) is 3.44. The van der Waals surface area contributed by atoms with Gasteiger partial charge in [0.1, 0.15) is 6.04 Å². The summed E-state index contributed by atoms with van der Waals surface area (Å²) in [4.78, 5) is 20.7. The van der Waals surface area contributed by atoms with Crippen molar-refractivity contribution in [2.75, 3.05) is 0 Å². The Morgan fingerprint density at radius 3 is 2.31 bits per heavy atom. The third-order valence-corrected chi connectivity index (χ3v) is 1.54. The van der Waals surface area contributed by atoms with Crippen LogP contribution in [0.4, 0.5) is 0 Å². The average molecular weight is 207 g/mol. The zero-order valence-corrected chi connectivity index (χ0v) is 8.12. The van der Waals surface area contributed by atoms with Crippen LogP contribution in [0.25, 0.3) is 0 Å². The van der Waals surface area contributed by atoms with E-state index in [0.29, 0.717) is 0 Å². The van der Waals surface area contributed by atoms with E-state index in [0.717, 1.165) is 0 Å². The average Bonchev–Trinajstić information content (AvgIpc) is 1.96. The molecule has 0 spiro atoms. The van der Waals surface area contributed by atoms with Crippen LogP contribution in [0.3, 0.4) is 0 Å². The predicted octanol–water partition coefficient (Wildman–Crippen LogP) is 0.170. The van der Waals surface area contributed by atoms with Gasteiger partial charge in [0.25, 0.3) is 0 Å². The van der Waals surface area contributed by atoms with Crippen LogP contribution in [0, 0.1) is 0 Å². The summed E-state index contributed by atoms with van der Waals surface area (Å²) in [5.41, 5.74) is 0. The van der Waals surface area contributed by atoms with Crippen molar-refractivity contribution in [2.45, 2.75) is 31.2 Å². The molecule has 3 N–H and O–H groups in total. The molecule has 0 aromatic heterocycles. The molecule has 5 nitrogen and oxygen atoms in total. The molecule has 0 fully saturated rings. The second kappa shape index (κ2) is 5.82. The first kappa shape index (κ1) is 12.2. The minimum Gasteiger partial charge on any atom is -0.481 e. The molecule has 0 rings (SSSR count). The summed E-state index contributed by atoms with van der Waals surface area (Å²) in [6.45, 7) is 1.68. The lowest BCUT2D eigenvalue weighted by atomic mass is 10.1. The molecule has 0 amide bonds. The van der Waals surface area contributed by atoms with Gasteiger partial charge in [0.05, 0.1) is 0 Å². The zero-order chi connectivity index (χ0) is 10.4. The molecule has 0 aromatic carbocycles. The Kier molecular flexibility index (Phi) is 5.48. The number of hydrogen-bond donors (Lipinski definition) is 4. The summed E-state index contributed by atoms with van der Waals surface area (Å²) in [7, 11) is 0. The van der Waals surface area contributed by atoms with Crippen LogP contribution in [-0.4, -0.2) is 33.6 Å². The van der Waals surface area contributed by atoms with Crippen molar-refractivity contribution < 1.29 is 19.8 Å². The van der Waals surface area contributed by atoms with Gasteiger partial charge in [0.15, 0.2) is 0 Å². The molecule has 2 atom stereocenters. The molecule has 2 unspecified atom stereocenters. The molecule has 0 aliphatic heterocycles. The summed E-state index contributed by atoms with van der Waals surface area (Å²) in [5.74, 6) is -2.05. The fourth-order valence-electron chi connectivity index (χ4n) is 0.837. The molecule has 0 aliphatic carbocycles. The van der Waals surface area contributed by atoms with E-state index < -0.39 is 18.0 Å². The highest BCUT2D eigenvalue weighted by atomic mass is 32.1. The van der Waals surface area contributed by atoms with Gasteiger partial charge in [-0.25, -0.2) is 0 Å². The molecule has 13 heavy (non-hydrogen) atoms. The van der Waals surface area contributed by atoms with Crippen molar-refractivity contribution in [3.63, 3.8) is 0 Å². The number of thiol groups is 1. The molecule has 0 saturated heterocycles. The molecule has 6 heteroatoms. The molecule has 0 saturated carbocycles. The summed E-state index contributed by atoms with van der Waals surface area (Å²) in [6, 6.07) is -0.844. The predicted molar refractivity (Wildman–Crippen MR) is 49.9 cm³/mol. The molecule has 76 valence electrons. The lowest BCUT2D eigenvalue weighted by molar-refractivity contribution is -0.140. The van der Waals surface area contributed by atoms with E-state index in [1.165, 1.54) is 0 Å². The first-order valence-corrected chi connectivity index (χ1v) is 4.34. The number of carboxylic acids is 2. The highest BCUT2D eigenvalue weighted by molar-refractivity contribution is 7.80. The van der Waals surface area contributed by atoms with Crippen LogP contribution < -0.4 is 5.32 Å². The fourth-order valence-corrected chi connectivity index (χ4v) is 1.02. The number of carbonyl (C=O) groups is 2. The van der Waals surface area contributed by atoms with Gasteiger partial charge in [0, 0.05) is 11.8 Å². The quantitative estimate of drug-likeness (QED) is 0.368. The van der Waals surface area contributed by atoms with E-state index >= 15 is 0 Å². The lowest BCUT2D eigenvalue weighted by Gasteiger charge is -2.15. The van der Waals surface area contributed by atoms with Crippen molar-refractivity contribution >= 4 is 24.6 Å². The standard InChI is InChI=1S/C7H13NO4S/c1-4(13)8-5(7(11)12)2-3-6(9)10/h4-5,8,13H,2-3H2,1H3,(H,9,10)(H,11,12). The monoisotopic (exact) mass is 207 g/mol. The molecule has 0 bridgehead atoms. The van der Waals surface area contributed by atoms with Crippen LogP contribution >= 0.6 is 12.6 Å². The Hall–Kier alpha value is -0.750. The summed E-state index contributed by atoms with van der Waals surface area (Å²) in [5, 5.41) is 19.4. The minimum absolute atomic E-state index is 0.0650. The third-order valence-electron chi connectivity index (χ3n) is 1.39. The van der Waals surface area contributed by atoms with Crippen molar-refractivity contribution in [3.05, 3.63) is 0 Å². The van der Waals surface area contributed by atoms with Gasteiger partial charge in [-0.2, -0.15) is 12.6 Å². The van der Waals surface area contributed by atoms with E-state index in [1.54, 1.807) is 6.92 Å². The van der Waals surface area contributed by atoms with Gasteiger partial charge in [-0.15, -0.1) is 0 Å². The highest BCUT2D eigenvalue weighted by Crippen LogP contribution is 2.00. The fraction of sp³-hybridized carbons (Fsp3) is 0.714. The van der Waals surface area contributed by atoms with E-state index in [9.17, 15) is 9.59 Å². The topological polar surface area (TPSA) is 86.6 Å². The normalized spacial score (nSPS) is 14.9. The Labute approximate surface area is 81.5 Å². The van der Waals surface area contributed by atoms with Crippen molar-refractivity contribution in [2.24, 2.45) is 0 Å². The van der Waals surface area contributed by atoms with Crippen LogP contribution in [0.5, 0.6) is 0 Å². The Bertz CT molecular complexity index is 195. The van der Waals surface area contributed by atoms with Gasteiger partial charge in [-0.05, 0) is 13.3 Å². The van der Waals surface area contributed by atoms with Gasteiger partial charge in [-0.3, -0.25) is 14.9 Å². The molecular formula is C7H13NO4S. The van der Waals surface area contributed by atoms with E-state index in [-0.39, 0.29) is 18.2 Å². The van der Waals surface area contributed by atoms with Crippen molar-refractivity contribution in [3.8, 4) is 0 Å². The Morgan fingerprint density at radius 2 is 2.00 bits per heavy atom. The first-order chi connectivity index (χ1) is 5.93. The maximum Gasteiger partial charge on any atom is 0.320 e. The van der Waals surface area contributed by atoms with E-state index in [2.05, 4.69) is 17.9 Å². The summed E-state index contributed by atoms with van der Waals surface area (Å²) < 4.78 is 0. The number of aliphatic carboxylic acids is 2.